The van der Waals surface area contributed by atoms with Crippen molar-refractivity contribution in [1.82, 2.24) is 0 Å². The second-order valence-electron chi connectivity index (χ2n) is 4.94. The van der Waals surface area contributed by atoms with Crippen LogP contribution in [0.2, 0.25) is 0 Å². The molecule has 1 aromatic rings. The van der Waals surface area contributed by atoms with E-state index in [2.05, 4.69) is 0 Å². The Morgan fingerprint density at radius 3 is 1.45 bits per heavy atom. The van der Waals surface area contributed by atoms with Crippen LogP contribution in [0.1, 0.15) is 25.0 Å². The Morgan fingerprint density at radius 1 is 0.864 bits per heavy atom. The molecule has 0 aliphatic rings. The van der Waals surface area contributed by atoms with E-state index in [9.17, 15) is 9.59 Å². The minimum absolute atomic E-state index is 0.317. The molecule has 0 amide bonds. The molecule has 122 valence electrons. The molecule has 2 atom stereocenters. The normalized spacial score (nSPS) is 13.3. The molecule has 1 rings (SSSR count). The zero-order valence-corrected chi connectivity index (χ0v) is 13.1. The van der Waals surface area contributed by atoms with Gasteiger partial charge in [0.05, 0.1) is 13.2 Å². The predicted molar refractivity (Wildman–Crippen MR) is 83.1 cm³/mol. The molecule has 0 radical (unpaired) electrons. The fourth-order valence-electron chi connectivity index (χ4n) is 1.98. The third-order valence-electron chi connectivity index (χ3n) is 3.11. The van der Waals surface area contributed by atoms with Gasteiger partial charge in [-0.1, -0.05) is 24.3 Å². The fourth-order valence-corrected chi connectivity index (χ4v) is 1.98. The summed E-state index contributed by atoms with van der Waals surface area (Å²) in [5, 5.41) is 0. The highest BCUT2D eigenvalue weighted by Gasteiger charge is 2.16. The van der Waals surface area contributed by atoms with Gasteiger partial charge in [0.1, 0.15) is 12.1 Å². The lowest BCUT2D eigenvalue weighted by Gasteiger charge is -2.12. The first-order valence-electron chi connectivity index (χ1n) is 7.40. The van der Waals surface area contributed by atoms with Crippen molar-refractivity contribution in [3.63, 3.8) is 0 Å². The van der Waals surface area contributed by atoms with Gasteiger partial charge in [-0.25, -0.2) is 0 Å². The van der Waals surface area contributed by atoms with Crippen LogP contribution < -0.4 is 11.5 Å². The Morgan fingerprint density at radius 2 is 1.18 bits per heavy atom. The highest BCUT2D eigenvalue weighted by molar-refractivity contribution is 5.76. The van der Waals surface area contributed by atoms with Crippen molar-refractivity contribution in [2.75, 3.05) is 13.2 Å². The topological polar surface area (TPSA) is 105 Å². The molecular formula is C16H24N2O4. The van der Waals surface area contributed by atoms with Crippen LogP contribution in [0.4, 0.5) is 0 Å². The summed E-state index contributed by atoms with van der Waals surface area (Å²) < 4.78 is 9.74. The molecule has 0 aromatic heterocycles. The second-order valence-corrected chi connectivity index (χ2v) is 4.94. The number of ether oxygens (including phenoxy) is 2. The average molecular weight is 308 g/mol. The van der Waals surface area contributed by atoms with Crippen LogP contribution >= 0.6 is 0 Å². The van der Waals surface area contributed by atoms with Crippen molar-refractivity contribution in [1.29, 1.82) is 0 Å². The lowest BCUT2D eigenvalue weighted by atomic mass is 10.0. The third-order valence-corrected chi connectivity index (χ3v) is 3.11. The summed E-state index contributed by atoms with van der Waals surface area (Å²) in [5.41, 5.74) is 13.4. The number of carbonyl (C=O) groups excluding carboxylic acids is 2. The second kappa shape index (κ2) is 9.17. The van der Waals surface area contributed by atoms with E-state index in [0.717, 1.165) is 11.1 Å². The third kappa shape index (κ3) is 5.83. The Balaban J connectivity index is 2.56. The average Bonchev–Trinajstić information content (AvgIpc) is 2.49. The van der Waals surface area contributed by atoms with Crippen molar-refractivity contribution >= 4 is 11.9 Å². The van der Waals surface area contributed by atoms with Gasteiger partial charge in [0.2, 0.25) is 0 Å². The van der Waals surface area contributed by atoms with E-state index in [1.165, 1.54) is 0 Å². The minimum atomic E-state index is -0.674. The van der Waals surface area contributed by atoms with Crippen molar-refractivity contribution in [2.24, 2.45) is 11.5 Å². The molecule has 0 fully saturated rings. The van der Waals surface area contributed by atoms with Crippen LogP contribution in [0.3, 0.4) is 0 Å². The summed E-state index contributed by atoms with van der Waals surface area (Å²) >= 11 is 0. The summed E-state index contributed by atoms with van der Waals surface area (Å²) in [6.45, 7) is 4.12. The number of rotatable bonds is 8. The summed E-state index contributed by atoms with van der Waals surface area (Å²) in [6.07, 6.45) is 0.812. The molecule has 22 heavy (non-hydrogen) atoms. The van der Waals surface area contributed by atoms with Crippen LogP contribution in [0.5, 0.6) is 0 Å². The van der Waals surface area contributed by atoms with E-state index in [0.29, 0.717) is 26.1 Å². The molecule has 6 nitrogen and oxygen atoms in total. The summed E-state index contributed by atoms with van der Waals surface area (Å²) in [6, 6.07) is 6.12. The van der Waals surface area contributed by atoms with Gasteiger partial charge in [-0.05, 0) is 37.8 Å². The summed E-state index contributed by atoms with van der Waals surface area (Å²) in [4.78, 5) is 23.0. The SMILES string of the molecule is CCOC(=O)C(N)Cc1ccc(C[C@@H](N)C(=O)OCC)cc1. The largest absolute Gasteiger partial charge is 0.465 e. The van der Waals surface area contributed by atoms with E-state index in [-0.39, 0.29) is 0 Å². The molecule has 0 saturated heterocycles. The van der Waals surface area contributed by atoms with E-state index >= 15 is 0 Å². The number of hydrogen-bond donors (Lipinski definition) is 2. The fraction of sp³-hybridized carbons (Fsp3) is 0.500. The molecule has 0 saturated carbocycles. The maximum absolute atomic E-state index is 11.5. The number of benzene rings is 1. The van der Waals surface area contributed by atoms with Crippen LogP contribution in [-0.4, -0.2) is 37.2 Å². The van der Waals surface area contributed by atoms with Crippen LogP contribution in [0, 0.1) is 0 Å². The monoisotopic (exact) mass is 308 g/mol. The Kier molecular flexibility index (Phi) is 7.56. The lowest BCUT2D eigenvalue weighted by molar-refractivity contribution is -0.145. The van der Waals surface area contributed by atoms with Crippen molar-refractivity contribution in [3.05, 3.63) is 35.4 Å². The van der Waals surface area contributed by atoms with Gasteiger partial charge in [-0.2, -0.15) is 0 Å². The molecule has 6 heteroatoms. The maximum atomic E-state index is 11.5. The molecule has 4 N–H and O–H groups in total. The first-order valence-corrected chi connectivity index (χ1v) is 7.40. The van der Waals surface area contributed by atoms with Gasteiger partial charge >= 0.3 is 11.9 Å². The first-order chi connectivity index (χ1) is 10.5. The molecular weight excluding hydrogens is 284 g/mol. The standard InChI is InChI=1S/C16H24N2O4/c1-3-21-15(19)13(17)9-11-5-7-12(8-6-11)10-14(18)16(20)22-4-2/h5-8,13-14H,3-4,9-10,17-18H2,1-2H3/t13-,14?/m1/s1. The van der Waals surface area contributed by atoms with Crippen LogP contribution in [0.25, 0.3) is 0 Å². The van der Waals surface area contributed by atoms with Gasteiger partial charge in [0.25, 0.3) is 0 Å². The summed E-state index contributed by atoms with van der Waals surface area (Å²) in [5.74, 6) is -0.813. The molecule has 0 aliphatic heterocycles. The molecule has 0 heterocycles. The van der Waals surface area contributed by atoms with Gasteiger partial charge < -0.3 is 20.9 Å². The van der Waals surface area contributed by atoms with E-state index in [1.807, 2.05) is 24.3 Å². The zero-order valence-electron chi connectivity index (χ0n) is 13.1. The maximum Gasteiger partial charge on any atom is 0.323 e. The lowest BCUT2D eigenvalue weighted by Crippen LogP contribution is -2.34. The van der Waals surface area contributed by atoms with E-state index < -0.39 is 24.0 Å². The Bertz CT molecular complexity index is 442. The Hall–Kier alpha value is -1.92. The molecule has 1 aromatic carbocycles. The molecule has 1 unspecified atom stereocenters. The molecule has 0 spiro atoms. The Labute approximate surface area is 130 Å². The number of nitrogens with two attached hydrogens (primary N) is 2. The van der Waals surface area contributed by atoms with Crippen LogP contribution in [0.15, 0.2) is 24.3 Å². The first kappa shape index (κ1) is 18.1. The van der Waals surface area contributed by atoms with Gasteiger partial charge in [0.15, 0.2) is 0 Å². The van der Waals surface area contributed by atoms with Crippen molar-refractivity contribution in [2.45, 2.75) is 38.8 Å². The molecule has 0 bridgehead atoms. The smallest absolute Gasteiger partial charge is 0.323 e. The van der Waals surface area contributed by atoms with Gasteiger partial charge in [-0.3, -0.25) is 9.59 Å². The highest BCUT2D eigenvalue weighted by Crippen LogP contribution is 2.09. The van der Waals surface area contributed by atoms with Crippen LogP contribution in [-0.2, 0) is 31.9 Å². The van der Waals surface area contributed by atoms with Gasteiger partial charge in [0, 0.05) is 0 Å². The van der Waals surface area contributed by atoms with Crippen molar-refractivity contribution in [3.8, 4) is 0 Å². The zero-order chi connectivity index (χ0) is 16.5. The number of hydrogen-bond acceptors (Lipinski definition) is 6. The van der Waals surface area contributed by atoms with E-state index in [4.69, 9.17) is 20.9 Å². The quantitative estimate of drug-likeness (QED) is 0.680. The predicted octanol–water partition coefficient (Wildman–Crippen LogP) is 0.552. The van der Waals surface area contributed by atoms with E-state index in [1.54, 1.807) is 13.8 Å². The number of esters is 2. The molecule has 0 aliphatic carbocycles. The van der Waals surface area contributed by atoms with Gasteiger partial charge in [-0.15, -0.1) is 0 Å². The number of carbonyl (C=O) groups is 2. The highest BCUT2D eigenvalue weighted by atomic mass is 16.5. The summed E-state index contributed by atoms with van der Waals surface area (Å²) in [7, 11) is 0. The van der Waals surface area contributed by atoms with Crippen molar-refractivity contribution < 1.29 is 19.1 Å². The minimum Gasteiger partial charge on any atom is -0.465 e.